The number of aryl methyl sites for hydroxylation is 2. The van der Waals surface area contributed by atoms with Crippen LogP contribution in [0.3, 0.4) is 0 Å². The third-order valence-corrected chi connectivity index (χ3v) is 5.10. The van der Waals surface area contributed by atoms with Gasteiger partial charge in [-0.05, 0) is 55.3 Å². The number of aromatic nitrogens is 2. The van der Waals surface area contributed by atoms with Crippen molar-refractivity contribution in [3.63, 3.8) is 0 Å². The molecule has 0 aliphatic carbocycles. The molecule has 0 atom stereocenters. The summed E-state index contributed by atoms with van der Waals surface area (Å²) in [6.07, 6.45) is 3.30. The van der Waals surface area contributed by atoms with Crippen LogP contribution in [-0.4, -0.2) is 39.6 Å². The van der Waals surface area contributed by atoms with E-state index in [4.69, 9.17) is 0 Å². The second kappa shape index (κ2) is 7.51. The summed E-state index contributed by atoms with van der Waals surface area (Å²) in [7, 11) is 1.45. The summed E-state index contributed by atoms with van der Waals surface area (Å²) in [5.74, 6) is -1.01. The topological polar surface area (TPSA) is 92.3 Å². The van der Waals surface area contributed by atoms with Crippen LogP contribution in [0.1, 0.15) is 37.5 Å². The molecule has 2 aromatic heterocycles. The number of hydrogen-bond acceptors (Lipinski definition) is 5. The Morgan fingerprint density at radius 1 is 1.03 bits per heavy atom. The third-order valence-electron chi connectivity index (χ3n) is 5.10. The maximum atomic E-state index is 12.6. The molecule has 150 valence electrons. The number of benzene rings is 1. The van der Waals surface area contributed by atoms with E-state index in [0.717, 1.165) is 27.4 Å². The molecule has 7 heteroatoms. The van der Waals surface area contributed by atoms with E-state index >= 15 is 0 Å². The number of pyridine rings is 2. The summed E-state index contributed by atoms with van der Waals surface area (Å²) in [5.41, 5.74) is 5.15. The Kier molecular flexibility index (Phi) is 4.87. The summed E-state index contributed by atoms with van der Waals surface area (Å²) in [5, 5.41) is 2.80. The van der Waals surface area contributed by atoms with Crippen LogP contribution in [0.25, 0.3) is 11.3 Å². The lowest BCUT2D eigenvalue weighted by Gasteiger charge is -2.10. The van der Waals surface area contributed by atoms with Crippen molar-refractivity contribution in [2.75, 3.05) is 12.4 Å². The predicted octanol–water partition coefficient (Wildman–Crippen LogP) is 3.17. The van der Waals surface area contributed by atoms with E-state index in [1.165, 1.54) is 7.05 Å². The number of nitrogens with one attached hydrogen (secondary N) is 1. The second-order valence-electron chi connectivity index (χ2n) is 7.31. The zero-order valence-corrected chi connectivity index (χ0v) is 16.9. The maximum Gasteiger partial charge on any atom is 0.261 e. The van der Waals surface area contributed by atoms with E-state index in [1.807, 2.05) is 32.0 Å². The minimum Gasteiger partial charge on any atom is -0.324 e. The highest BCUT2D eigenvalue weighted by Gasteiger charge is 2.35. The number of amides is 3. The fourth-order valence-corrected chi connectivity index (χ4v) is 3.62. The molecule has 0 saturated carbocycles. The number of imide groups is 1. The molecule has 3 heterocycles. The average molecular weight is 400 g/mol. The normalized spacial score (nSPS) is 12.8. The van der Waals surface area contributed by atoms with Crippen molar-refractivity contribution >= 4 is 23.4 Å². The van der Waals surface area contributed by atoms with E-state index in [1.54, 1.807) is 30.6 Å². The molecule has 4 rings (SSSR count). The van der Waals surface area contributed by atoms with Gasteiger partial charge in [-0.2, -0.15) is 0 Å². The van der Waals surface area contributed by atoms with Crippen LogP contribution in [0, 0.1) is 13.8 Å². The van der Waals surface area contributed by atoms with Gasteiger partial charge in [0.05, 0.1) is 35.1 Å². The van der Waals surface area contributed by atoms with Crippen molar-refractivity contribution in [3.8, 4) is 11.3 Å². The van der Waals surface area contributed by atoms with Crippen LogP contribution in [0.5, 0.6) is 0 Å². The van der Waals surface area contributed by atoms with E-state index in [-0.39, 0.29) is 24.1 Å². The molecule has 1 aromatic carbocycles. The van der Waals surface area contributed by atoms with E-state index in [2.05, 4.69) is 15.3 Å². The Morgan fingerprint density at radius 3 is 2.53 bits per heavy atom. The van der Waals surface area contributed by atoms with Crippen LogP contribution in [-0.2, 0) is 11.2 Å². The van der Waals surface area contributed by atoms with Gasteiger partial charge >= 0.3 is 0 Å². The number of carbonyl (C=O) groups is 3. The Bertz CT molecular complexity index is 1190. The molecule has 1 aliphatic rings. The highest BCUT2D eigenvalue weighted by molar-refractivity contribution is 6.22. The Labute approximate surface area is 173 Å². The number of hydrogen-bond donors (Lipinski definition) is 1. The van der Waals surface area contributed by atoms with Crippen molar-refractivity contribution in [2.45, 2.75) is 20.3 Å². The first-order valence-electron chi connectivity index (χ1n) is 9.49. The number of anilines is 1. The first kappa shape index (κ1) is 19.4. The molecule has 0 spiro atoms. The quantitative estimate of drug-likeness (QED) is 0.679. The lowest BCUT2D eigenvalue weighted by molar-refractivity contribution is -0.115. The standard InChI is InChI=1S/C23H20N4O3/c1-13-9-15(21-18(10-13)22(29)27(3)23(21)30)11-20(28)26-16-6-7-19(25-12-16)17-5-4-8-24-14(17)2/h4-10,12H,11H2,1-3H3,(H,26,28). The van der Waals surface area contributed by atoms with Gasteiger partial charge < -0.3 is 5.32 Å². The fourth-order valence-electron chi connectivity index (χ4n) is 3.62. The summed E-state index contributed by atoms with van der Waals surface area (Å²) >= 11 is 0. The number of nitrogens with zero attached hydrogens (tertiary/aromatic N) is 3. The molecule has 30 heavy (non-hydrogen) atoms. The van der Waals surface area contributed by atoms with Gasteiger partial charge in [0.15, 0.2) is 0 Å². The van der Waals surface area contributed by atoms with Gasteiger partial charge in [0, 0.05) is 24.5 Å². The van der Waals surface area contributed by atoms with Crippen LogP contribution in [0.15, 0.2) is 48.8 Å². The van der Waals surface area contributed by atoms with Gasteiger partial charge in [-0.15, -0.1) is 0 Å². The second-order valence-corrected chi connectivity index (χ2v) is 7.31. The molecule has 0 saturated heterocycles. The Balaban J connectivity index is 1.53. The van der Waals surface area contributed by atoms with Crippen molar-refractivity contribution < 1.29 is 14.4 Å². The molecule has 3 aromatic rings. The van der Waals surface area contributed by atoms with Gasteiger partial charge in [0.25, 0.3) is 11.8 Å². The molecule has 0 fully saturated rings. The molecule has 0 unspecified atom stereocenters. The zero-order valence-electron chi connectivity index (χ0n) is 16.9. The first-order valence-corrected chi connectivity index (χ1v) is 9.49. The molecule has 1 N–H and O–H groups in total. The van der Waals surface area contributed by atoms with Crippen molar-refractivity contribution in [3.05, 3.63) is 76.7 Å². The number of rotatable bonds is 4. The summed E-state index contributed by atoms with van der Waals surface area (Å²) in [6, 6.07) is 10.8. The van der Waals surface area contributed by atoms with Gasteiger partial charge in [-0.25, -0.2) is 0 Å². The first-order chi connectivity index (χ1) is 14.3. The number of fused-ring (bicyclic) bond motifs is 1. The largest absolute Gasteiger partial charge is 0.324 e. The molecule has 7 nitrogen and oxygen atoms in total. The maximum absolute atomic E-state index is 12.6. The van der Waals surface area contributed by atoms with Gasteiger partial charge in [0.2, 0.25) is 5.91 Å². The van der Waals surface area contributed by atoms with Crippen molar-refractivity contribution in [1.82, 2.24) is 14.9 Å². The van der Waals surface area contributed by atoms with E-state index < -0.39 is 0 Å². The van der Waals surface area contributed by atoms with Crippen LogP contribution in [0.2, 0.25) is 0 Å². The lowest BCUT2D eigenvalue weighted by Crippen LogP contribution is -2.24. The molecular formula is C23H20N4O3. The summed E-state index contributed by atoms with van der Waals surface area (Å²) in [4.78, 5) is 47.1. The van der Waals surface area contributed by atoms with E-state index in [0.29, 0.717) is 22.4 Å². The van der Waals surface area contributed by atoms with Gasteiger partial charge in [-0.1, -0.05) is 6.07 Å². The fraction of sp³-hybridized carbons (Fsp3) is 0.174. The minimum absolute atomic E-state index is 0.0136. The Morgan fingerprint density at radius 2 is 1.83 bits per heavy atom. The Hall–Kier alpha value is -3.87. The molecule has 1 aliphatic heterocycles. The molecular weight excluding hydrogens is 380 g/mol. The lowest BCUT2D eigenvalue weighted by atomic mass is 9.97. The van der Waals surface area contributed by atoms with Crippen LogP contribution >= 0.6 is 0 Å². The van der Waals surface area contributed by atoms with Crippen molar-refractivity contribution in [1.29, 1.82) is 0 Å². The SMILES string of the molecule is Cc1cc(CC(=O)Nc2ccc(-c3cccnc3C)nc2)c2c(c1)C(=O)N(C)C2=O. The molecule has 0 bridgehead atoms. The van der Waals surface area contributed by atoms with Crippen LogP contribution < -0.4 is 5.32 Å². The smallest absolute Gasteiger partial charge is 0.261 e. The zero-order chi connectivity index (χ0) is 21.4. The molecule has 3 amide bonds. The summed E-state index contributed by atoms with van der Waals surface area (Å²) in [6.45, 7) is 3.75. The highest BCUT2D eigenvalue weighted by atomic mass is 16.2. The van der Waals surface area contributed by atoms with E-state index in [9.17, 15) is 14.4 Å². The average Bonchev–Trinajstić information content (AvgIpc) is 2.93. The van der Waals surface area contributed by atoms with Crippen LogP contribution in [0.4, 0.5) is 5.69 Å². The monoisotopic (exact) mass is 400 g/mol. The summed E-state index contributed by atoms with van der Waals surface area (Å²) < 4.78 is 0. The highest BCUT2D eigenvalue weighted by Crippen LogP contribution is 2.27. The third kappa shape index (κ3) is 3.45. The predicted molar refractivity (Wildman–Crippen MR) is 112 cm³/mol. The number of carbonyl (C=O) groups excluding carboxylic acids is 3. The molecule has 0 radical (unpaired) electrons. The van der Waals surface area contributed by atoms with Gasteiger partial charge in [-0.3, -0.25) is 29.3 Å². The van der Waals surface area contributed by atoms with Gasteiger partial charge in [0.1, 0.15) is 0 Å². The van der Waals surface area contributed by atoms with Crippen molar-refractivity contribution in [2.24, 2.45) is 0 Å². The minimum atomic E-state index is -0.379.